The monoisotopic (exact) mass is 264 g/mol. The first-order valence-corrected chi connectivity index (χ1v) is 7.33. The third-order valence-electron chi connectivity index (χ3n) is 4.35. The largest absolute Gasteiger partial charge is 0.326 e. The van der Waals surface area contributed by atoms with Crippen LogP contribution < -0.4 is 5.73 Å². The summed E-state index contributed by atoms with van der Waals surface area (Å²) in [5.74, 6) is 0.625. The molecule has 2 rings (SSSR count). The van der Waals surface area contributed by atoms with Gasteiger partial charge in [0.25, 0.3) is 0 Å². The molecule has 3 heteroatoms. The highest BCUT2D eigenvalue weighted by molar-refractivity contribution is 5.23. The third-order valence-corrected chi connectivity index (χ3v) is 4.35. The number of benzene rings is 1. The van der Waals surface area contributed by atoms with E-state index in [-0.39, 0.29) is 17.9 Å². The maximum atomic E-state index is 14.0. The van der Waals surface area contributed by atoms with E-state index in [2.05, 4.69) is 18.9 Å². The van der Waals surface area contributed by atoms with Gasteiger partial charge in [-0.1, -0.05) is 31.5 Å². The van der Waals surface area contributed by atoms with Crippen LogP contribution in [-0.4, -0.2) is 24.5 Å². The van der Waals surface area contributed by atoms with E-state index in [0.717, 1.165) is 24.4 Å². The van der Waals surface area contributed by atoms with Crippen molar-refractivity contribution in [3.63, 3.8) is 0 Å². The molecule has 1 aromatic carbocycles. The van der Waals surface area contributed by atoms with Crippen LogP contribution in [0.1, 0.15) is 44.2 Å². The normalized spacial score (nSPS) is 19.2. The molecule has 106 valence electrons. The average molecular weight is 264 g/mol. The molecule has 0 heterocycles. The highest BCUT2D eigenvalue weighted by Gasteiger charge is 2.28. The van der Waals surface area contributed by atoms with E-state index in [1.165, 1.54) is 25.3 Å². The summed E-state index contributed by atoms with van der Waals surface area (Å²) in [7, 11) is 2.07. The standard InChI is InChI=1S/C16H25FN2/c1-3-15(18)16(13-9-4-5-10-14(13)17)19(2)11-12-7-6-8-12/h4-5,9-10,12,15-16H,3,6-8,11,18H2,1-2H3. The van der Waals surface area contributed by atoms with Crippen LogP contribution in [0.25, 0.3) is 0 Å². The minimum atomic E-state index is -0.142. The lowest BCUT2D eigenvalue weighted by Gasteiger charge is -2.37. The van der Waals surface area contributed by atoms with Crippen molar-refractivity contribution >= 4 is 0 Å². The van der Waals surface area contributed by atoms with E-state index in [4.69, 9.17) is 5.73 Å². The van der Waals surface area contributed by atoms with Crippen LogP contribution in [0.5, 0.6) is 0 Å². The first-order chi connectivity index (χ1) is 9.13. The van der Waals surface area contributed by atoms with Crippen LogP contribution in [0.2, 0.25) is 0 Å². The van der Waals surface area contributed by atoms with Crippen molar-refractivity contribution < 1.29 is 4.39 Å². The first-order valence-electron chi connectivity index (χ1n) is 7.33. The number of rotatable bonds is 6. The topological polar surface area (TPSA) is 29.3 Å². The van der Waals surface area contributed by atoms with Crippen molar-refractivity contribution in [3.8, 4) is 0 Å². The molecule has 1 aliphatic carbocycles. The molecule has 1 aliphatic rings. The molecule has 0 saturated heterocycles. The number of nitrogens with zero attached hydrogens (tertiary/aromatic N) is 1. The van der Waals surface area contributed by atoms with Gasteiger partial charge in [0.05, 0.1) is 6.04 Å². The maximum Gasteiger partial charge on any atom is 0.128 e. The molecule has 1 aromatic rings. The van der Waals surface area contributed by atoms with Crippen LogP contribution in [0.3, 0.4) is 0 Å². The summed E-state index contributed by atoms with van der Waals surface area (Å²) < 4.78 is 14.0. The van der Waals surface area contributed by atoms with Gasteiger partial charge >= 0.3 is 0 Å². The molecule has 0 spiro atoms. The Bertz CT molecular complexity index is 403. The number of nitrogens with two attached hydrogens (primary N) is 1. The van der Waals surface area contributed by atoms with Crippen molar-refractivity contribution in [1.29, 1.82) is 0 Å². The van der Waals surface area contributed by atoms with Gasteiger partial charge in [-0.25, -0.2) is 4.39 Å². The molecule has 2 atom stereocenters. The van der Waals surface area contributed by atoms with Crippen molar-refractivity contribution in [2.45, 2.75) is 44.7 Å². The Morgan fingerprint density at radius 1 is 1.37 bits per heavy atom. The van der Waals surface area contributed by atoms with E-state index in [1.54, 1.807) is 6.07 Å². The Hall–Kier alpha value is -0.930. The molecule has 1 saturated carbocycles. The Morgan fingerprint density at radius 2 is 2.05 bits per heavy atom. The number of hydrogen-bond donors (Lipinski definition) is 1. The summed E-state index contributed by atoms with van der Waals surface area (Å²) in [5.41, 5.74) is 6.98. The smallest absolute Gasteiger partial charge is 0.128 e. The first kappa shape index (κ1) is 14.5. The van der Waals surface area contributed by atoms with E-state index in [1.807, 2.05) is 12.1 Å². The minimum Gasteiger partial charge on any atom is -0.326 e. The zero-order valence-corrected chi connectivity index (χ0v) is 12.0. The Labute approximate surface area is 115 Å². The predicted molar refractivity (Wildman–Crippen MR) is 77.4 cm³/mol. The van der Waals surface area contributed by atoms with E-state index >= 15 is 0 Å². The zero-order valence-electron chi connectivity index (χ0n) is 12.0. The quantitative estimate of drug-likeness (QED) is 0.854. The van der Waals surface area contributed by atoms with Crippen LogP contribution >= 0.6 is 0 Å². The molecular formula is C16H25FN2. The van der Waals surface area contributed by atoms with E-state index < -0.39 is 0 Å². The van der Waals surface area contributed by atoms with E-state index in [0.29, 0.717) is 0 Å². The molecule has 0 radical (unpaired) electrons. The van der Waals surface area contributed by atoms with Crippen LogP contribution in [0.4, 0.5) is 4.39 Å². The van der Waals surface area contributed by atoms with Crippen molar-refractivity contribution in [3.05, 3.63) is 35.6 Å². The van der Waals surface area contributed by atoms with Gasteiger partial charge in [0.1, 0.15) is 5.82 Å². The van der Waals surface area contributed by atoms with Gasteiger partial charge in [-0.2, -0.15) is 0 Å². The van der Waals surface area contributed by atoms with E-state index in [9.17, 15) is 4.39 Å². The van der Waals surface area contributed by atoms with Crippen LogP contribution in [0, 0.1) is 11.7 Å². The fourth-order valence-electron chi connectivity index (χ4n) is 2.93. The summed E-state index contributed by atoms with van der Waals surface area (Å²) in [6.45, 7) is 3.09. The SMILES string of the molecule is CCC(N)C(c1ccccc1F)N(C)CC1CCC1. The fourth-order valence-corrected chi connectivity index (χ4v) is 2.93. The van der Waals surface area contributed by atoms with Crippen LogP contribution in [0.15, 0.2) is 24.3 Å². The number of hydrogen-bond acceptors (Lipinski definition) is 2. The molecule has 2 unspecified atom stereocenters. The van der Waals surface area contributed by atoms with Gasteiger partial charge in [0.15, 0.2) is 0 Å². The lowest BCUT2D eigenvalue weighted by molar-refractivity contribution is 0.142. The van der Waals surface area contributed by atoms with Crippen molar-refractivity contribution in [1.82, 2.24) is 4.90 Å². The lowest BCUT2D eigenvalue weighted by atomic mass is 9.84. The average Bonchev–Trinajstić information content (AvgIpc) is 2.36. The molecule has 0 aromatic heterocycles. The molecule has 19 heavy (non-hydrogen) atoms. The van der Waals surface area contributed by atoms with Gasteiger partial charge in [-0.05, 0) is 38.3 Å². The van der Waals surface area contributed by atoms with Gasteiger partial charge in [0.2, 0.25) is 0 Å². The van der Waals surface area contributed by atoms with Gasteiger partial charge in [0, 0.05) is 18.2 Å². The number of likely N-dealkylation sites (N-methyl/N-ethyl adjacent to an activating group) is 1. The van der Waals surface area contributed by atoms with Crippen LogP contribution in [-0.2, 0) is 0 Å². The van der Waals surface area contributed by atoms with Crippen molar-refractivity contribution in [2.24, 2.45) is 11.7 Å². The second-order valence-electron chi connectivity index (χ2n) is 5.77. The molecule has 2 N–H and O–H groups in total. The summed E-state index contributed by atoms with van der Waals surface area (Å²) in [4.78, 5) is 2.25. The Kier molecular flexibility index (Phi) is 4.94. The molecule has 1 fully saturated rings. The summed E-state index contributed by atoms with van der Waals surface area (Å²) >= 11 is 0. The molecular weight excluding hydrogens is 239 g/mol. The molecule has 0 bridgehead atoms. The Morgan fingerprint density at radius 3 is 2.58 bits per heavy atom. The summed E-state index contributed by atoms with van der Waals surface area (Å²) in [6, 6.07) is 6.98. The third kappa shape index (κ3) is 3.34. The Balaban J connectivity index is 2.17. The molecule has 2 nitrogen and oxygen atoms in total. The van der Waals surface area contributed by atoms with Crippen molar-refractivity contribution in [2.75, 3.05) is 13.6 Å². The summed E-state index contributed by atoms with van der Waals surface area (Å²) in [5, 5.41) is 0. The molecule has 0 amide bonds. The lowest BCUT2D eigenvalue weighted by Crippen LogP contribution is -2.42. The second kappa shape index (κ2) is 6.49. The second-order valence-corrected chi connectivity index (χ2v) is 5.77. The zero-order chi connectivity index (χ0) is 13.8. The molecule has 0 aliphatic heterocycles. The van der Waals surface area contributed by atoms with Gasteiger partial charge in [-0.15, -0.1) is 0 Å². The predicted octanol–water partition coefficient (Wildman–Crippen LogP) is 3.34. The minimum absolute atomic E-state index is 0.0215. The van der Waals surface area contributed by atoms with Gasteiger partial charge < -0.3 is 5.73 Å². The number of halogens is 1. The maximum absolute atomic E-state index is 14.0. The van der Waals surface area contributed by atoms with Gasteiger partial charge in [-0.3, -0.25) is 4.90 Å². The fraction of sp³-hybridized carbons (Fsp3) is 0.625. The highest BCUT2D eigenvalue weighted by atomic mass is 19.1. The summed E-state index contributed by atoms with van der Waals surface area (Å²) in [6.07, 6.45) is 4.79. The highest BCUT2D eigenvalue weighted by Crippen LogP contribution is 2.32.